The minimum atomic E-state index is -3.88. The fraction of sp³-hybridized carbons (Fsp3) is 0.333. The second kappa shape index (κ2) is 7.51. The molecule has 1 rings (SSSR count). The van der Waals surface area contributed by atoms with Crippen molar-refractivity contribution in [3.63, 3.8) is 0 Å². The molecule has 0 atom stereocenters. The summed E-state index contributed by atoms with van der Waals surface area (Å²) in [6.07, 6.45) is 1.91. The smallest absolute Gasteiger partial charge is 0.264 e. The van der Waals surface area contributed by atoms with Crippen LogP contribution in [0.25, 0.3) is 0 Å². The molecule has 0 aliphatic carbocycles. The summed E-state index contributed by atoms with van der Waals surface area (Å²) in [4.78, 5) is 23.5. The SMILES string of the molecule is [B]C(=O)N(CCSC)c1ccc(S(=O)(=O)NC(C)=O)cc1. The molecule has 1 aromatic carbocycles. The summed E-state index contributed by atoms with van der Waals surface area (Å²) in [7, 11) is 1.42. The Morgan fingerprint density at radius 3 is 2.29 bits per heavy atom. The van der Waals surface area contributed by atoms with E-state index in [1.165, 1.54) is 29.2 Å². The van der Waals surface area contributed by atoms with Crippen molar-refractivity contribution < 1.29 is 18.0 Å². The number of carbonyl (C=O) groups is 2. The summed E-state index contributed by atoms with van der Waals surface area (Å²) in [5.41, 5.74) is 0.498. The number of benzene rings is 1. The molecule has 0 aromatic heterocycles. The third-order valence-electron chi connectivity index (χ3n) is 2.52. The van der Waals surface area contributed by atoms with Crippen LogP contribution in [0.5, 0.6) is 0 Å². The average Bonchev–Trinajstić information content (AvgIpc) is 2.38. The molecule has 0 fully saturated rings. The first-order chi connectivity index (χ1) is 9.77. The Bertz CT molecular complexity index is 617. The lowest BCUT2D eigenvalue weighted by Gasteiger charge is -2.21. The van der Waals surface area contributed by atoms with Gasteiger partial charge in [0.15, 0.2) is 5.81 Å². The number of rotatable bonds is 6. The Labute approximate surface area is 129 Å². The maximum absolute atomic E-state index is 11.8. The topological polar surface area (TPSA) is 83.6 Å². The van der Waals surface area contributed by atoms with Crippen molar-refractivity contribution in [1.82, 2.24) is 4.72 Å². The fourth-order valence-corrected chi connectivity index (χ4v) is 2.96. The molecule has 1 N–H and O–H groups in total. The zero-order valence-electron chi connectivity index (χ0n) is 11.7. The monoisotopic (exact) mass is 326 g/mol. The van der Waals surface area contributed by atoms with Crippen molar-refractivity contribution in [2.24, 2.45) is 0 Å². The number of amides is 2. The molecular weight excluding hydrogens is 311 g/mol. The minimum Gasteiger partial charge on any atom is -0.321 e. The number of hydrogen-bond acceptors (Lipinski definition) is 5. The van der Waals surface area contributed by atoms with Crippen LogP contribution < -0.4 is 9.62 Å². The van der Waals surface area contributed by atoms with Crippen LogP contribution in [0.15, 0.2) is 29.2 Å². The second-order valence-electron chi connectivity index (χ2n) is 4.14. The van der Waals surface area contributed by atoms with Gasteiger partial charge in [-0.05, 0) is 30.5 Å². The van der Waals surface area contributed by atoms with Crippen LogP contribution in [-0.2, 0) is 14.8 Å². The highest BCUT2D eigenvalue weighted by atomic mass is 32.2. The van der Waals surface area contributed by atoms with Gasteiger partial charge in [0.25, 0.3) is 10.0 Å². The van der Waals surface area contributed by atoms with Crippen LogP contribution >= 0.6 is 11.8 Å². The number of nitrogens with one attached hydrogen (secondary N) is 1. The highest BCUT2D eigenvalue weighted by Crippen LogP contribution is 2.18. The highest BCUT2D eigenvalue weighted by Gasteiger charge is 2.16. The maximum atomic E-state index is 11.8. The average molecular weight is 326 g/mol. The van der Waals surface area contributed by atoms with E-state index in [1.807, 2.05) is 11.0 Å². The lowest BCUT2D eigenvalue weighted by atomic mass is 10.1. The highest BCUT2D eigenvalue weighted by molar-refractivity contribution is 7.98. The normalized spacial score (nSPS) is 11.0. The van der Waals surface area contributed by atoms with Crippen molar-refractivity contribution in [3.8, 4) is 0 Å². The van der Waals surface area contributed by atoms with E-state index in [0.717, 1.165) is 6.92 Å². The molecular formula is C12H15BN2O4S2. The van der Waals surface area contributed by atoms with Crippen molar-refractivity contribution in [1.29, 1.82) is 0 Å². The lowest BCUT2D eigenvalue weighted by Crippen LogP contribution is -2.32. The maximum Gasteiger partial charge on any atom is 0.264 e. The van der Waals surface area contributed by atoms with E-state index < -0.39 is 21.7 Å². The molecule has 0 saturated carbocycles. The Balaban J connectivity index is 3.00. The first-order valence-corrected chi connectivity index (χ1v) is 8.85. The van der Waals surface area contributed by atoms with Gasteiger partial charge >= 0.3 is 0 Å². The van der Waals surface area contributed by atoms with Gasteiger partial charge in [0, 0.05) is 24.9 Å². The van der Waals surface area contributed by atoms with Gasteiger partial charge in [-0.25, -0.2) is 13.1 Å². The number of nitrogens with zero attached hydrogens (tertiary/aromatic N) is 1. The molecule has 0 saturated heterocycles. The van der Waals surface area contributed by atoms with Gasteiger partial charge in [0.2, 0.25) is 13.8 Å². The number of sulfonamides is 1. The van der Waals surface area contributed by atoms with Crippen LogP contribution in [0.4, 0.5) is 10.5 Å². The van der Waals surface area contributed by atoms with Crippen molar-refractivity contribution >= 4 is 47.0 Å². The molecule has 1 aromatic rings. The Hall–Kier alpha value is -1.48. The van der Waals surface area contributed by atoms with Gasteiger partial charge in [-0.1, -0.05) is 0 Å². The minimum absolute atomic E-state index is 0.0595. The molecule has 0 aliphatic rings. The molecule has 21 heavy (non-hydrogen) atoms. The van der Waals surface area contributed by atoms with Crippen LogP contribution in [0, 0.1) is 0 Å². The van der Waals surface area contributed by atoms with E-state index in [-0.39, 0.29) is 4.90 Å². The van der Waals surface area contributed by atoms with Gasteiger partial charge < -0.3 is 4.90 Å². The number of thioether (sulfide) groups is 1. The predicted molar refractivity (Wildman–Crippen MR) is 84.3 cm³/mol. The zero-order valence-corrected chi connectivity index (χ0v) is 13.3. The van der Waals surface area contributed by atoms with Crippen LogP contribution in [0.1, 0.15) is 6.92 Å². The Morgan fingerprint density at radius 1 is 1.29 bits per heavy atom. The summed E-state index contributed by atoms with van der Waals surface area (Å²) in [5, 5.41) is 0. The first kappa shape index (κ1) is 17.6. The largest absolute Gasteiger partial charge is 0.321 e. The molecule has 6 nitrogen and oxygen atoms in total. The van der Waals surface area contributed by atoms with Gasteiger partial charge in [0.05, 0.1) is 4.90 Å². The lowest BCUT2D eigenvalue weighted by molar-refractivity contribution is -0.117. The molecule has 0 spiro atoms. The second-order valence-corrected chi connectivity index (χ2v) is 6.81. The predicted octanol–water partition coefficient (Wildman–Crippen LogP) is 0.969. The summed E-state index contributed by atoms with van der Waals surface area (Å²) < 4.78 is 25.4. The molecule has 0 heterocycles. The van der Waals surface area contributed by atoms with Crippen molar-refractivity contribution in [2.45, 2.75) is 11.8 Å². The van der Waals surface area contributed by atoms with E-state index in [1.54, 1.807) is 11.8 Å². The van der Waals surface area contributed by atoms with E-state index in [4.69, 9.17) is 7.85 Å². The number of carbonyl (C=O) groups excluding carboxylic acids is 2. The van der Waals surface area contributed by atoms with Crippen molar-refractivity contribution in [3.05, 3.63) is 24.3 Å². The standard InChI is InChI=1S/C12H15BN2O4S2/c1-9(16)14-21(18,19)11-5-3-10(4-6-11)15(12(13)17)7-8-20-2/h3-6H,7-8H2,1-2H3,(H,14,16). The van der Waals surface area contributed by atoms with Gasteiger partial charge in [-0.2, -0.15) is 11.8 Å². The number of anilines is 1. The van der Waals surface area contributed by atoms with Gasteiger partial charge in [-0.15, -0.1) is 0 Å². The Morgan fingerprint density at radius 2 is 1.86 bits per heavy atom. The van der Waals surface area contributed by atoms with E-state index >= 15 is 0 Å². The summed E-state index contributed by atoms with van der Waals surface area (Å²) in [5.74, 6) is -0.575. The molecule has 112 valence electrons. The van der Waals surface area contributed by atoms with Crippen LogP contribution in [-0.4, -0.2) is 46.5 Å². The third-order valence-corrected chi connectivity index (χ3v) is 4.56. The van der Waals surface area contributed by atoms with Gasteiger partial charge in [0.1, 0.15) is 0 Å². The van der Waals surface area contributed by atoms with E-state index in [9.17, 15) is 18.0 Å². The van der Waals surface area contributed by atoms with Crippen molar-refractivity contribution in [2.75, 3.05) is 23.5 Å². The molecule has 0 aliphatic heterocycles. The van der Waals surface area contributed by atoms with Crippen LogP contribution in [0.3, 0.4) is 0 Å². The fourth-order valence-electron chi connectivity index (χ4n) is 1.60. The van der Waals surface area contributed by atoms with Gasteiger partial charge in [-0.3, -0.25) is 9.59 Å². The Kier molecular flexibility index (Phi) is 6.29. The molecule has 2 radical (unpaired) electrons. The first-order valence-electron chi connectivity index (χ1n) is 5.97. The molecule has 0 bridgehead atoms. The van der Waals surface area contributed by atoms with E-state index in [0.29, 0.717) is 18.0 Å². The van der Waals surface area contributed by atoms with Crippen LogP contribution in [0.2, 0.25) is 0 Å². The quantitative estimate of drug-likeness (QED) is 0.788. The van der Waals surface area contributed by atoms with E-state index in [2.05, 4.69) is 0 Å². The summed E-state index contributed by atoms with van der Waals surface area (Å²) in [6, 6.07) is 5.57. The third kappa shape index (κ3) is 5.09. The molecule has 0 unspecified atom stereocenters. The molecule has 2 amide bonds. The zero-order chi connectivity index (χ0) is 16.0. The molecule has 9 heteroatoms. The summed E-state index contributed by atoms with van der Waals surface area (Å²) in [6.45, 7) is 1.54. The summed E-state index contributed by atoms with van der Waals surface area (Å²) >= 11 is 1.56. The number of hydrogen-bond donors (Lipinski definition) is 1.